The van der Waals surface area contributed by atoms with Gasteiger partial charge in [-0.25, -0.2) is 4.90 Å². The van der Waals surface area contributed by atoms with Gasteiger partial charge in [0.05, 0.1) is 18.2 Å². The highest BCUT2D eigenvalue weighted by molar-refractivity contribution is 6.22. The highest BCUT2D eigenvalue weighted by atomic mass is 16.2. The lowest BCUT2D eigenvalue weighted by molar-refractivity contribution is -0.121. The van der Waals surface area contributed by atoms with Crippen molar-refractivity contribution in [1.29, 1.82) is 0 Å². The quantitative estimate of drug-likeness (QED) is 0.819. The zero-order chi connectivity index (χ0) is 12.8. The predicted octanol–water partition coefficient (Wildman–Crippen LogP) is 1.46. The minimum atomic E-state index is -0.356. The number of hydrogen-bond donors (Lipinski definition) is 1. The van der Waals surface area contributed by atoms with Gasteiger partial charge in [0, 0.05) is 5.54 Å². The molecular formula is C14H16N2O2. The number of carbonyl (C=O) groups is 2. The van der Waals surface area contributed by atoms with Crippen LogP contribution >= 0.6 is 0 Å². The third-order valence-corrected chi connectivity index (χ3v) is 3.68. The molecule has 2 amide bonds. The molecule has 1 N–H and O–H groups in total. The average molecular weight is 244 g/mol. The molecule has 1 unspecified atom stereocenters. The summed E-state index contributed by atoms with van der Waals surface area (Å²) in [5, 5.41) is 3.30. The third-order valence-electron chi connectivity index (χ3n) is 3.68. The van der Waals surface area contributed by atoms with Crippen LogP contribution in [0, 0.1) is 0 Å². The van der Waals surface area contributed by atoms with Crippen molar-refractivity contribution in [3.63, 3.8) is 0 Å². The van der Waals surface area contributed by atoms with E-state index in [-0.39, 0.29) is 29.8 Å². The molecule has 1 aromatic rings. The smallest absolute Gasteiger partial charge is 0.251 e. The number of para-hydroxylation sites is 1. The van der Waals surface area contributed by atoms with Crippen LogP contribution in [0.15, 0.2) is 30.3 Å². The number of imide groups is 1. The highest BCUT2D eigenvalue weighted by Crippen LogP contribution is 2.36. The van der Waals surface area contributed by atoms with Crippen molar-refractivity contribution in [2.45, 2.75) is 37.8 Å². The van der Waals surface area contributed by atoms with Crippen molar-refractivity contribution in [3.05, 3.63) is 30.3 Å². The van der Waals surface area contributed by atoms with Crippen molar-refractivity contribution in [3.8, 4) is 0 Å². The molecule has 1 saturated carbocycles. The van der Waals surface area contributed by atoms with Crippen LogP contribution in [-0.4, -0.2) is 23.4 Å². The van der Waals surface area contributed by atoms with Crippen LogP contribution in [0.3, 0.4) is 0 Å². The SMILES string of the molecule is CC1(NC2CC(=O)N(c3ccccc3)C2=O)CC1. The Kier molecular flexibility index (Phi) is 2.48. The second kappa shape index (κ2) is 3.92. The van der Waals surface area contributed by atoms with E-state index >= 15 is 0 Å². The molecule has 4 nitrogen and oxygen atoms in total. The second-order valence-corrected chi connectivity index (χ2v) is 5.36. The van der Waals surface area contributed by atoms with E-state index in [2.05, 4.69) is 12.2 Å². The van der Waals surface area contributed by atoms with Crippen molar-refractivity contribution in [2.24, 2.45) is 0 Å². The fourth-order valence-corrected chi connectivity index (χ4v) is 2.35. The summed E-state index contributed by atoms with van der Waals surface area (Å²) in [5.74, 6) is -0.243. The van der Waals surface area contributed by atoms with Gasteiger partial charge in [-0.3, -0.25) is 9.59 Å². The molecule has 1 aliphatic heterocycles. The summed E-state index contributed by atoms with van der Waals surface area (Å²) < 4.78 is 0. The first-order valence-corrected chi connectivity index (χ1v) is 6.29. The van der Waals surface area contributed by atoms with E-state index in [0.29, 0.717) is 5.69 Å². The Balaban J connectivity index is 1.80. The molecule has 94 valence electrons. The number of amides is 2. The molecule has 18 heavy (non-hydrogen) atoms. The summed E-state index contributed by atoms with van der Waals surface area (Å²) in [6.07, 6.45) is 2.43. The maximum Gasteiger partial charge on any atom is 0.251 e. The lowest BCUT2D eigenvalue weighted by atomic mass is 10.2. The van der Waals surface area contributed by atoms with Crippen LogP contribution in [0.25, 0.3) is 0 Å². The Morgan fingerprint density at radius 2 is 1.89 bits per heavy atom. The molecule has 2 aliphatic rings. The van der Waals surface area contributed by atoms with Crippen LogP contribution in [0.5, 0.6) is 0 Å². The number of anilines is 1. The van der Waals surface area contributed by atoms with E-state index in [1.54, 1.807) is 12.1 Å². The van der Waals surface area contributed by atoms with Gasteiger partial charge in [0.25, 0.3) is 5.91 Å². The van der Waals surface area contributed by atoms with Crippen molar-refractivity contribution < 1.29 is 9.59 Å². The molecule has 1 aromatic carbocycles. The minimum absolute atomic E-state index is 0.0628. The summed E-state index contributed by atoms with van der Waals surface area (Å²) in [7, 11) is 0. The predicted molar refractivity (Wildman–Crippen MR) is 68.1 cm³/mol. The number of benzene rings is 1. The van der Waals surface area contributed by atoms with Crippen LogP contribution in [0.4, 0.5) is 5.69 Å². The van der Waals surface area contributed by atoms with Gasteiger partial charge in [0.15, 0.2) is 0 Å². The summed E-state index contributed by atoms with van der Waals surface area (Å²) in [4.78, 5) is 25.5. The molecule has 0 radical (unpaired) electrons. The Morgan fingerprint density at radius 1 is 1.22 bits per heavy atom. The lowest BCUT2D eigenvalue weighted by Gasteiger charge is -2.18. The van der Waals surface area contributed by atoms with Crippen LogP contribution in [0.2, 0.25) is 0 Å². The first-order valence-electron chi connectivity index (χ1n) is 6.29. The van der Waals surface area contributed by atoms with Gasteiger partial charge in [-0.05, 0) is 31.9 Å². The average Bonchev–Trinajstić information content (AvgIpc) is 3.00. The van der Waals surface area contributed by atoms with Gasteiger partial charge >= 0.3 is 0 Å². The van der Waals surface area contributed by atoms with Crippen molar-refractivity contribution in [2.75, 3.05) is 4.90 Å². The Labute approximate surface area is 106 Å². The first kappa shape index (κ1) is 11.4. The summed E-state index contributed by atoms with van der Waals surface area (Å²) in [5.41, 5.74) is 0.727. The van der Waals surface area contributed by atoms with Gasteiger partial charge in [-0.2, -0.15) is 0 Å². The maximum atomic E-state index is 12.3. The highest BCUT2D eigenvalue weighted by Gasteiger charge is 2.46. The summed E-state index contributed by atoms with van der Waals surface area (Å²) in [6.45, 7) is 2.09. The fourth-order valence-electron chi connectivity index (χ4n) is 2.35. The fraction of sp³-hybridized carbons (Fsp3) is 0.429. The molecule has 1 atom stereocenters. The van der Waals surface area contributed by atoms with Crippen LogP contribution in [0.1, 0.15) is 26.2 Å². The van der Waals surface area contributed by atoms with Gasteiger partial charge in [0.2, 0.25) is 5.91 Å². The van der Waals surface area contributed by atoms with Crippen molar-refractivity contribution in [1.82, 2.24) is 5.32 Å². The standard InChI is InChI=1S/C14H16N2O2/c1-14(7-8-14)15-11-9-12(17)16(13(11)18)10-5-3-2-4-6-10/h2-6,11,15H,7-9H2,1H3. The molecule has 0 bridgehead atoms. The zero-order valence-corrected chi connectivity index (χ0v) is 10.3. The number of carbonyl (C=O) groups excluding carboxylic acids is 2. The molecule has 0 aromatic heterocycles. The summed E-state index contributed by atoms with van der Waals surface area (Å²) in [6, 6.07) is 8.76. The Hall–Kier alpha value is -1.68. The lowest BCUT2D eigenvalue weighted by Crippen LogP contribution is -2.44. The van der Waals surface area contributed by atoms with Gasteiger partial charge in [0.1, 0.15) is 0 Å². The molecule has 4 heteroatoms. The number of nitrogens with zero attached hydrogens (tertiary/aromatic N) is 1. The molecule has 1 saturated heterocycles. The number of hydrogen-bond acceptors (Lipinski definition) is 3. The van der Waals surface area contributed by atoms with Gasteiger partial charge in [-0.1, -0.05) is 18.2 Å². The van der Waals surface area contributed by atoms with Crippen molar-refractivity contribution >= 4 is 17.5 Å². The van der Waals surface area contributed by atoms with E-state index in [1.165, 1.54) is 4.90 Å². The third kappa shape index (κ3) is 1.93. The van der Waals surface area contributed by atoms with E-state index in [4.69, 9.17) is 0 Å². The molecular weight excluding hydrogens is 228 g/mol. The number of nitrogens with one attached hydrogen (secondary N) is 1. The first-order chi connectivity index (χ1) is 8.59. The summed E-state index contributed by atoms with van der Waals surface area (Å²) >= 11 is 0. The molecule has 1 heterocycles. The molecule has 1 aliphatic carbocycles. The van der Waals surface area contributed by atoms with E-state index in [0.717, 1.165) is 12.8 Å². The normalized spacial score (nSPS) is 25.6. The largest absolute Gasteiger partial charge is 0.300 e. The monoisotopic (exact) mass is 244 g/mol. The van der Waals surface area contributed by atoms with Crippen LogP contribution < -0.4 is 10.2 Å². The zero-order valence-electron chi connectivity index (χ0n) is 10.3. The van der Waals surface area contributed by atoms with Crippen LogP contribution in [-0.2, 0) is 9.59 Å². The van der Waals surface area contributed by atoms with Gasteiger partial charge in [-0.15, -0.1) is 0 Å². The second-order valence-electron chi connectivity index (χ2n) is 5.36. The molecule has 2 fully saturated rings. The Bertz CT molecular complexity index is 494. The van der Waals surface area contributed by atoms with E-state index in [9.17, 15) is 9.59 Å². The topological polar surface area (TPSA) is 49.4 Å². The molecule has 3 rings (SSSR count). The minimum Gasteiger partial charge on any atom is -0.300 e. The maximum absolute atomic E-state index is 12.3. The Morgan fingerprint density at radius 3 is 2.50 bits per heavy atom. The molecule has 0 spiro atoms. The van der Waals surface area contributed by atoms with E-state index in [1.807, 2.05) is 18.2 Å². The van der Waals surface area contributed by atoms with Gasteiger partial charge < -0.3 is 5.32 Å². The number of rotatable bonds is 3. The van der Waals surface area contributed by atoms with E-state index < -0.39 is 0 Å².